The van der Waals surface area contributed by atoms with Crippen molar-refractivity contribution in [2.24, 2.45) is 0 Å². The highest BCUT2D eigenvalue weighted by atomic mass is 32.1. The van der Waals surface area contributed by atoms with Gasteiger partial charge in [-0.25, -0.2) is 14.6 Å². The number of amides is 1. The lowest BCUT2D eigenvalue weighted by atomic mass is 10.1. The molecule has 2 rings (SSSR count). The Hall–Kier alpha value is -2.67. The molecule has 1 N–H and O–H groups in total. The normalized spacial score (nSPS) is 11.8. The second-order valence-electron chi connectivity index (χ2n) is 7.03. The van der Waals surface area contributed by atoms with Crippen molar-refractivity contribution < 1.29 is 19.1 Å². The molecule has 0 aliphatic rings. The largest absolute Gasteiger partial charge is 0.462 e. The van der Waals surface area contributed by atoms with Gasteiger partial charge in [0, 0.05) is 5.38 Å². The van der Waals surface area contributed by atoms with Crippen molar-refractivity contribution in [1.82, 2.24) is 4.98 Å². The van der Waals surface area contributed by atoms with Crippen molar-refractivity contribution in [3.8, 4) is 0 Å². The summed E-state index contributed by atoms with van der Waals surface area (Å²) >= 11 is 1.23. The molecule has 0 saturated heterocycles. The lowest BCUT2D eigenvalue weighted by molar-refractivity contribution is -0.136. The SMILES string of the molecule is CCOC(=O)/C(=C\CCc1ccccc1)c1csc(NC(=O)OC(C)(C)C)n1. The Kier molecular flexibility index (Phi) is 7.75. The van der Waals surface area contributed by atoms with Crippen LogP contribution in [0.3, 0.4) is 0 Å². The van der Waals surface area contributed by atoms with E-state index in [-0.39, 0.29) is 6.61 Å². The Labute approximate surface area is 169 Å². The van der Waals surface area contributed by atoms with E-state index in [1.165, 1.54) is 16.9 Å². The van der Waals surface area contributed by atoms with E-state index < -0.39 is 17.7 Å². The zero-order chi connectivity index (χ0) is 20.6. The minimum absolute atomic E-state index is 0.280. The maximum Gasteiger partial charge on any atom is 0.413 e. The van der Waals surface area contributed by atoms with Crippen LogP contribution in [0, 0.1) is 0 Å². The van der Waals surface area contributed by atoms with Crippen LogP contribution in [-0.2, 0) is 20.7 Å². The van der Waals surface area contributed by atoms with Gasteiger partial charge in [-0.05, 0) is 46.1 Å². The molecule has 6 nitrogen and oxygen atoms in total. The highest BCUT2D eigenvalue weighted by molar-refractivity contribution is 7.14. The number of rotatable bonds is 7. The van der Waals surface area contributed by atoms with Gasteiger partial charge in [0.05, 0.1) is 17.9 Å². The Balaban J connectivity index is 2.10. The van der Waals surface area contributed by atoms with Crippen molar-refractivity contribution >= 4 is 34.1 Å². The molecular weight excluding hydrogens is 376 g/mol. The third-order valence-corrected chi connectivity index (χ3v) is 4.27. The highest BCUT2D eigenvalue weighted by Crippen LogP contribution is 2.24. The van der Waals surface area contributed by atoms with Gasteiger partial charge in [0.1, 0.15) is 5.60 Å². The predicted molar refractivity (Wildman–Crippen MR) is 111 cm³/mol. The second kappa shape index (κ2) is 10.0. The van der Waals surface area contributed by atoms with E-state index in [9.17, 15) is 9.59 Å². The topological polar surface area (TPSA) is 77.5 Å². The average Bonchev–Trinajstić information content (AvgIpc) is 3.06. The fourth-order valence-electron chi connectivity index (χ4n) is 2.37. The van der Waals surface area contributed by atoms with Gasteiger partial charge < -0.3 is 9.47 Å². The molecule has 2 aromatic rings. The van der Waals surface area contributed by atoms with E-state index >= 15 is 0 Å². The first-order valence-corrected chi connectivity index (χ1v) is 10.0. The predicted octanol–water partition coefficient (Wildman–Crippen LogP) is 5.07. The van der Waals surface area contributed by atoms with E-state index in [4.69, 9.17) is 9.47 Å². The lowest BCUT2D eigenvalue weighted by Crippen LogP contribution is -2.27. The summed E-state index contributed by atoms with van der Waals surface area (Å²) in [6.07, 6.45) is 2.72. The molecule has 0 radical (unpaired) electrons. The van der Waals surface area contributed by atoms with Crippen LogP contribution in [0.25, 0.3) is 5.57 Å². The number of hydrogen-bond donors (Lipinski definition) is 1. The number of anilines is 1. The van der Waals surface area contributed by atoms with E-state index in [0.717, 1.165) is 6.42 Å². The number of nitrogens with one attached hydrogen (secondary N) is 1. The third-order valence-electron chi connectivity index (χ3n) is 3.51. The number of carbonyl (C=O) groups is 2. The molecule has 1 heterocycles. The van der Waals surface area contributed by atoms with Crippen molar-refractivity contribution in [3.63, 3.8) is 0 Å². The summed E-state index contributed by atoms with van der Waals surface area (Å²) in [5, 5.41) is 4.68. The van der Waals surface area contributed by atoms with Crippen LogP contribution in [-0.4, -0.2) is 29.3 Å². The first-order chi connectivity index (χ1) is 13.3. The number of aromatic nitrogens is 1. The van der Waals surface area contributed by atoms with Crippen LogP contribution in [0.4, 0.5) is 9.93 Å². The van der Waals surface area contributed by atoms with Crippen molar-refractivity contribution in [1.29, 1.82) is 0 Å². The van der Waals surface area contributed by atoms with Crippen LogP contribution < -0.4 is 5.32 Å². The van der Waals surface area contributed by atoms with E-state index in [0.29, 0.717) is 22.8 Å². The molecule has 0 spiro atoms. The fourth-order valence-corrected chi connectivity index (χ4v) is 3.07. The summed E-state index contributed by atoms with van der Waals surface area (Å²) in [5.41, 5.74) is 1.46. The molecule has 1 aromatic heterocycles. The molecule has 1 amide bonds. The summed E-state index contributed by atoms with van der Waals surface area (Å²) in [4.78, 5) is 28.6. The third kappa shape index (κ3) is 7.15. The number of esters is 1. The van der Waals surface area contributed by atoms with Gasteiger partial charge in [-0.2, -0.15) is 0 Å². The fraction of sp³-hybridized carbons (Fsp3) is 0.381. The highest BCUT2D eigenvalue weighted by Gasteiger charge is 2.20. The summed E-state index contributed by atoms with van der Waals surface area (Å²) in [6.45, 7) is 7.40. The molecule has 0 unspecified atom stereocenters. The number of benzene rings is 1. The first kappa shape index (κ1) is 21.6. The van der Waals surface area contributed by atoms with Crippen molar-refractivity contribution in [2.45, 2.75) is 46.1 Å². The van der Waals surface area contributed by atoms with Gasteiger partial charge in [0.15, 0.2) is 5.13 Å². The summed E-state index contributed by atoms with van der Waals surface area (Å²) in [7, 11) is 0. The number of thiazole rings is 1. The molecule has 7 heteroatoms. The smallest absolute Gasteiger partial charge is 0.413 e. The Morgan fingerprint density at radius 3 is 2.57 bits per heavy atom. The number of carbonyl (C=O) groups excluding carboxylic acids is 2. The van der Waals surface area contributed by atoms with E-state index in [2.05, 4.69) is 10.3 Å². The van der Waals surface area contributed by atoms with Gasteiger partial charge >= 0.3 is 12.1 Å². The van der Waals surface area contributed by atoms with Gasteiger partial charge in [-0.3, -0.25) is 5.32 Å². The summed E-state index contributed by atoms with van der Waals surface area (Å²) in [6, 6.07) is 10.0. The Bertz CT molecular complexity index is 822. The maximum absolute atomic E-state index is 12.4. The van der Waals surface area contributed by atoms with Crippen LogP contribution in [0.15, 0.2) is 41.8 Å². The molecule has 0 fully saturated rings. The van der Waals surface area contributed by atoms with Crippen molar-refractivity contribution in [2.75, 3.05) is 11.9 Å². The van der Waals surface area contributed by atoms with Gasteiger partial charge in [-0.1, -0.05) is 36.4 Å². The molecule has 0 saturated carbocycles. The zero-order valence-corrected chi connectivity index (χ0v) is 17.5. The van der Waals surface area contributed by atoms with Crippen LogP contribution in [0.2, 0.25) is 0 Å². The molecule has 0 aliphatic heterocycles. The molecular formula is C21H26N2O4S. The number of hydrogen-bond acceptors (Lipinski definition) is 6. The maximum atomic E-state index is 12.4. The second-order valence-corrected chi connectivity index (χ2v) is 7.89. The van der Waals surface area contributed by atoms with Crippen molar-refractivity contribution in [3.05, 3.63) is 53.0 Å². The van der Waals surface area contributed by atoms with Crippen LogP contribution in [0.1, 0.15) is 45.4 Å². The average molecular weight is 403 g/mol. The zero-order valence-electron chi connectivity index (χ0n) is 16.7. The molecule has 1 aromatic carbocycles. The number of nitrogens with zero attached hydrogens (tertiary/aromatic N) is 1. The van der Waals surface area contributed by atoms with E-state index in [1.54, 1.807) is 33.1 Å². The van der Waals surface area contributed by atoms with Crippen LogP contribution in [0.5, 0.6) is 0 Å². The minimum Gasteiger partial charge on any atom is -0.462 e. The molecule has 150 valence electrons. The summed E-state index contributed by atoms with van der Waals surface area (Å²) in [5.74, 6) is -0.426. The molecule has 0 aliphatic carbocycles. The van der Waals surface area contributed by atoms with Crippen LogP contribution >= 0.6 is 11.3 Å². The van der Waals surface area contributed by atoms with Gasteiger partial charge in [0.25, 0.3) is 0 Å². The molecule has 0 bridgehead atoms. The number of ether oxygens (including phenoxy) is 2. The van der Waals surface area contributed by atoms with Gasteiger partial charge in [0.2, 0.25) is 0 Å². The number of allylic oxidation sites excluding steroid dienone is 1. The molecule has 0 atom stereocenters. The molecule has 28 heavy (non-hydrogen) atoms. The lowest BCUT2D eigenvalue weighted by Gasteiger charge is -2.18. The summed E-state index contributed by atoms with van der Waals surface area (Å²) < 4.78 is 10.4. The Morgan fingerprint density at radius 2 is 1.93 bits per heavy atom. The van der Waals surface area contributed by atoms with E-state index in [1.807, 2.05) is 36.4 Å². The Morgan fingerprint density at radius 1 is 1.21 bits per heavy atom. The quantitative estimate of drug-likeness (QED) is 0.517. The first-order valence-electron chi connectivity index (χ1n) is 9.15. The van der Waals surface area contributed by atoms with Gasteiger partial charge in [-0.15, -0.1) is 11.3 Å². The minimum atomic E-state index is -0.600. The standard InChI is InChI=1S/C21H26N2O4S/c1-5-26-18(24)16(13-9-12-15-10-7-6-8-11-15)17-14-28-19(22-17)23-20(25)27-21(2,3)4/h6-8,10-11,13-14H,5,9,12H2,1-4H3,(H,22,23,25)/b16-13-. The monoisotopic (exact) mass is 402 g/mol. The number of aryl methyl sites for hydroxylation is 1.